The van der Waals surface area contributed by atoms with Crippen LogP contribution in [0.15, 0.2) is 48.0 Å². The number of halogens is 3. The van der Waals surface area contributed by atoms with Crippen molar-refractivity contribution in [3.05, 3.63) is 81.6 Å². The van der Waals surface area contributed by atoms with Crippen LogP contribution in [0.3, 0.4) is 0 Å². The number of fused-ring (bicyclic) bond motifs is 5. The number of likely N-dealkylation sites (N-methyl/N-ethyl adjacent to an activating group) is 1. The van der Waals surface area contributed by atoms with Crippen molar-refractivity contribution in [3.8, 4) is 22.6 Å². The molecule has 0 N–H and O–H groups in total. The van der Waals surface area contributed by atoms with Crippen LogP contribution >= 0.6 is 11.6 Å². The highest BCUT2D eigenvalue weighted by molar-refractivity contribution is 6.35. The molecule has 1 saturated heterocycles. The molecule has 47 heavy (non-hydrogen) atoms. The number of rotatable bonds is 5. The van der Waals surface area contributed by atoms with Crippen LogP contribution in [0.2, 0.25) is 5.02 Å². The molecule has 4 heterocycles. The summed E-state index contributed by atoms with van der Waals surface area (Å²) in [6, 6.07) is 4.30. The second-order valence-electron chi connectivity index (χ2n) is 12.1. The number of carbonyl (C=O) groups excluding carboxylic acids is 2. The molecule has 0 saturated carbocycles. The minimum atomic E-state index is -0.974. The minimum absolute atomic E-state index is 0.000838. The number of ether oxygens (including phenoxy) is 1. The molecular weight excluding hydrogens is 630 g/mol. The first-order chi connectivity index (χ1) is 22.3. The van der Waals surface area contributed by atoms with Gasteiger partial charge in [-0.2, -0.15) is 0 Å². The molecule has 13 heteroatoms. The summed E-state index contributed by atoms with van der Waals surface area (Å²) in [5.41, 5.74) is -0.0361. The van der Waals surface area contributed by atoms with Crippen molar-refractivity contribution in [2.75, 3.05) is 37.0 Å². The standard InChI is InChI=1S/C34H33ClF2N6O4/c1-8-24(44)41-14-22-33(45)40(6)32-31(42(22)13-17(41)4)19-12-20(35)25(26-21(36)10-9-11-23(26)47-7)27(37)30(19)43(34(32)46)29-18(5)38-15-39-28(29)16(2)3/h8-12,15-17,22H,1,13-14H2,2-7H3/t17-,22-/m1/s1. The van der Waals surface area contributed by atoms with Gasteiger partial charge in [0.1, 0.15) is 29.6 Å². The van der Waals surface area contributed by atoms with E-state index in [-0.39, 0.29) is 74.8 Å². The molecule has 2 aromatic carbocycles. The molecule has 2 amide bonds. The number of hydrogen-bond donors (Lipinski definition) is 0. The Hall–Kier alpha value is -4.84. The highest BCUT2D eigenvalue weighted by Gasteiger charge is 2.46. The fraction of sp³-hybridized carbons (Fsp3) is 0.324. The molecule has 244 valence electrons. The summed E-state index contributed by atoms with van der Waals surface area (Å²) in [4.78, 5) is 54.8. The van der Waals surface area contributed by atoms with E-state index in [1.807, 2.05) is 20.8 Å². The Morgan fingerprint density at radius 2 is 1.85 bits per heavy atom. The molecule has 2 aromatic heterocycles. The third-order valence-electron chi connectivity index (χ3n) is 8.99. The van der Waals surface area contributed by atoms with Gasteiger partial charge in [-0.15, -0.1) is 0 Å². The van der Waals surface area contributed by atoms with Crippen LogP contribution in [0.25, 0.3) is 27.7 Å². The van der Waals surface area contributed by atoms with Gasteiger partial charge < -0.3 is 19.4 Å². The highest BCUT2D eigenvalue weighted by atomic mass is 35.5. The molecule has 0 spiro atoms. The molecule has 1 fully saturated rings. The third kappa shape index (κ3) is 4.76. The van der Waals surface area contributed by atoms with E-state index < -0.39 is 35.2 Å². The summed E-state index contributed by atoms with van der Waals surface area (Å²) in [6.07, 6.45) is 2.56. The number of nitrogens with zero attached hydrogens (tertiary/aromatic N) is 6. The predicted octanol–water partition coefficient (Wildman–Crippen LogP) is 5.39. The maximum absolute atomic E-state index is 17.5. The fourth-order valence-corrected chi connectivity index (χ4v) is 7.06. The number of pyridine rings is 1. The van der Waals surface area contributed by atoms with E-state index in [4.69, 9.17) is 16.3 Å². The zero-order valence-corrected chi connectivity index (χ0v) is 27.5. The normalized spacial score (nSPS) is 17.7. The van der Waals surface area contributed by atoms with Gasteiger partial charge >= 0.3 is 0 Å². The lowest BCUT2D eigenvalue weighted by Gasteiger charge is -2.50. The molecule has 0 aliphatic carbocycles. The molecule has 10 nitrogen and oxygen atoms in total. The van der Waals surface area contributed by atoms with E-state index in [2.05, 4.69) is 16.5 Å². The third-order valence-corrected chi connectivity index (χ3v) is 9.28. The number of aromatic nitrogens is 3. The first kappa shape index (κ1) is 32.1. The zero-order valence-electron chi connectivity index (χ0n) is 26.8. The summed E-state index contributed by atoms with van der Waals surface area (Å²) in [5.74, 6) is -2.68. The van der Waals surface area contributed by atoms with Gasteiger partial charge in [-0.05, 0) is 44.0 Å². The van der Waals surface area contributed by atoms with Crippen LogP contribution in [0.4, 0.5) is 20.2 Å². The Morgan fingerprint density at radius 3 is 2.51 bits per heavy atom. The molecule has 2 atom stereocenters. The van der Waals surface area contributed by atoms with Crippen molar-refractivity contribution in [3.63, 3.8) is 0 Å². The lowest BCUT2D eigenvalue weighted by molar-refractivity contribution is -0.130. The van der Waals surface area contributed by atoms with Crippen molar-refractivity contribution in [1.82, 2.24) is 19.4 Å². The molecule has 2 aliphatic heterocycles. The Balaban J connectivity index is 1.80. The van der Waals surface area contributed by atoms with E-state index >= 15 is 8.78 Å². The minimum Gasteiger partial charge on any atom is -0.496 e. The maximum atomic E-state index is 17.5. The Labute approximate surface area is 274 Å². The number of benzene rings is 2. The number of methoxy groups -OCH3 is 1. The van der Waals surface area contributed by atoms with Gasteiger partial charge in [0.2, 0.25) is 5.91 Å². The molecule has 2 aliphatic rings. The van der Waals surface area contributed by atoms with E-state index in [1.54, 1.807) is 16.7 Å². The number of hydrogen-bond acceptors (Lipinski definition) is 7. The topological polar surface area (TPSA) is 101 Å². The summed E-state index contributed by atoms with van der Waals surface area (Å²) in [5, 5.41) is 0.0692. The van der Waals surface area contributed by atoms with Crippen molar-refractivity contribution >= 4 is 45.7 Å². The van der Waals surface area contributed by atoms with Crippen LogP contribution < -0.4 is 20.1 Å². The second kappa shape index (κ2) is 11.8. The second-order valence-corrected chi connectivity index (χ2v) is 12.5. The Kier molecular flexibility index (Phi) is 8.03. The van der Waals surface area contributed by atoms with E-state index in [9.17, 15) is 14.4 Å². The Morgan fingerprint density at radius 1 is 1.13 bits per heavy atom. The van der Waals surface area contributed by atoms with Gasteiger partial charge in [0, 0.05) is 30.6 Å². The lowest BCUT2D eigenvalue weighted by Crippen LogP contribution is -2.66. The smallest absolute Gasteiger partial charge is 0.281 e. The van der Waals surface area contributed by atoms with Gasteiger partial charge in [-0.25, -0.2) is 18.7 Å². The van der Waals surface area contributed by atoms with E-state index in [0.717, 1.165) is 0 Å². The number of amides is 2. The van der Waals surface area contributed by atoms with Gasteiger partial charge in [0.15, 0.2) is 5.82 Å². The maximum Gasteiger partial charge on any atom is 0.281 e. The zero-order chi connectivity index (χ0) is 34.1. The SMILES string of the molecule is C=CC(=O)N1C[C@@H]2C(=O)N(C)c3c(c4cc(Cl)c(-c5c(F)cccc5OC)c(F)c4n(-c4c(C)ncnc4C(C)C)c3=O)N2C[C@H]1C. The first-order valence-electron chi connectivity index (χ1n) is 15.1. The van der Waals surface area contributed by atoms with Gasteiger partial charge in [0.25, 0.3) is 11.5 Å². The van der Waals surface area contributed by atoms with Crippen LogP contribution in [-0.2, 0) is 9.59 Å². The van der Waals surface area contributed by atoms with Crippen LogP contribution in [0, 0.1) is 18.6 Å². The molecular formula is C34H33ClF2N6O4. The number of anilines is 2. The Bertz CT molecular complexity index is 2070. The summed E-state index contributed by atoms with van der Waals surface area (Å²) < 4.78 is 39.6. The average Bonchev–Trinajstić information content (AvgIpc) is 3.03. The summed E-state index contributed by atoms with van der Waals surface area (Å²) in [6.45, 7) is 11.0. The van der Waals surface area contributed by atoms with E-state index in [0.29, 0.717) is 11.4 Å². The van der Waals surface area contributed by atoms with Gasteiger partial charge in [-0.1, -0.05) is 38.1 Å². The largest absolute Gasteiger partial charge is 0.496 e. The van der Waals surface area contributed by atoms with Crippen LogP contribution in [-0.4, -0.2) is 70.6 Å². The van der Waals surface area contributed by atoms with Crippen LogP contribution in [0.1, 0.15) is 38.1 Å². The van der Waals surface area contributed by atoms with Crippen molar-refractivity contribution < 1.29 is 23.1 Å². The molecule has 4 aromatic rings. The molecule has 0 bridgehead atoms. The lowest BCUT2D eigenvalue weighted by atomic mass is 9.95. The predicted molar refractivity (Wildman–Crippen MR) is 177 cm³/mol. The van der Waals surface area contributed by atoms with Crippen LogP contribution in [0.5, 0.6) is 5.75 Å². The summed E-state index contributed by atoms with van der Waals surface area (Å²) in [7, 11) is 2.81. The van der Waals surface area contributed by atoms with Crippen molar-refractivity contribution in [2.45, 2.75) is 45.7 Å². The molecule has 6 rings (SSSR count). The van der Waals surface area contributed by atoms with Gasteiger partial charge in [0.05, 0.1) is 52.5 Å². The number of aryl methyl sites for hydroxylation is 1. The number of carbonyl (C=O) groups is 2. The average molecular weight is 663 g/mol. The van der Waals surface area contributed by atoms with Gasteiger partial charge in [-0.3, -0.25) is 19.0 Å². The fourth-order valence-electron chi connectivity index (χ4n) is 6.77. The van der Waals surface area contributed by atoms with E-state index in [1.165, 1.54) is 60.3 Å². The first-order valence-corrected chi connectivity index (χ1v) is 15.4. The summed E-state index contributed by atoms with van der Waals surface area (Å²) >= 11 is 6.85. The quantitative estimate of drug-likeness (QED) is 0.264. The number of piperazine rings is 1. The molecule has 0 radical (unpaired) electrons. The van der Waals surface area contributed by atoms with Crippen molar-refractivity contribution in [1.29, 1.82) is 0 Å². The molecule has 0 unspecified atom stereocenters. The highest BCUT2D eigenvalue weighted by Crippen LogP contribution is 2.47. The monoisotopic (exact) mass is 662 g/mol. The van der Waals surface area contributed by atoms with Crippen molar-refractivity contribution in [2.24, 2.45) is 0 Å².